The van der Waals surface area contributed by atoms with Gasteiger partial charge in [0.15, 0.2) is 0 Å². The Morgan fingerprint density at radius 2 is 1.92 bits per heavy atom. The molecule has 2 heterocycles. The summed E-state index contributed by atoms with van der Waals surface area (Å²) in [5.41, 5.74) is 3.43. The Balaban J connectivity index is 1.59. The van der Waals surface area contributed by atoms with Gasteiger partial charge in [-0.2, -0.15) is 5.26 Å². The fraction of sp³-hybridized carbons (Fsp3) is 0.179. The van der Waals surface area contributed by atoms with Crippen molar-refractivity contribution in [2.24, 2.45) is 0 Å². The van der Waals surface area contributed by atoms with E-state index in [0.717, 1.165) is 5.56 Å². The molecular weight excluding hydrogens is 488 g/mol. The van der Waals surface area contributed by atoms with E-state index >= 15 is 0 Å². The summed E-state index contributed by atoms with van der Waals surface area (Å²) in [7, 11) is 1.53. The molecule has 188 valence electrons. The molecule has 1 atom stereocenters. The van der Waals surface area contributed by atoms with E-state index < -0.39 is 11.8 Å². The number of allylic oxidation sites excluding steroid dienone is 2. The fourth-order valence-electron chi connectivity index (χ4n) is 4.06. The molecule has 0 bridgehead atoms. The van der Waals surface area contributed by atoms with E-state index in [1.807, 2.05) is 37.3 Å². The summed E-state index contributed by atoms with van der Waals surface area (Å²) >= 11 is 1.20. The Morgan fingerprint density at radius 3 is 2.62 bits per heavy atom. The molecule has 37 heavy (non-hydrogen) atoms. The van der Waals surface area contributed by atoms with Gasteiger partial charge in [0.1, 0.15) is 11.5 Å². The Morgan fingerprint density at radius 1 is 1.11 bits per heavy atom. The molecule has 2 aromatic carbocycles. The van der Waals surface area contributed by atoms with E-state index in [1.165, 1.54) is 25.1 Å². The first-order chi connectivity index (χ1) is 17.9. The molecule has 0 saturated heterocycles. The lowest BCUT2D eigenvalue weighted by molar-refractivity contribution is -0.114. The van der Waals surface area contributed by atoms with Crippen LogP contribution in [-0.4, -0.2) is 24.7 Å². The van der Waals surface area contributed by atoms with Gasteiger partial charge in [-0.3, -0.25) is 9.59 Å². The highest BCUT2D eigenvalue weighted by Crippen LogP contribution is 2.41. The topological polar surface area (TPSA) is 116 Å². The summed E-state index contributed by atoms with van der Waals surface area (Å²) in [4.78, 5) is 26.1. The number of nitrogens with zero attached hydrogens (tertiary/aromatic N) is 1. The van der Waals surface area contributed by atoms with E-state index in [4.69, 9.17) is 9.15 Å². The summed E-state index contributed by atoms with van der Waals surface area (Å²) in [6.07, 6.45) is 1.50. The van der Waals surface area contributed by atoms with Crippen molar-refractivity contribution in [2.75, 3.05) is 23.5 Å². The van der Waals surface area contributed by atoms with Crippen molar-refractivity contribution in [3.63, 3.8) is 0 Å². The molecule has 0 spiro atoms. The van der Waals surface area contributed by atoms with Crippen molar-refractivity contribution in [2.45, 2.75) is 19.8 Å². The summed E-state index contributed by atoms with van der Waals surface area (Å²) in [5, 5.41) is 19.6. The molecule has 1 aliphatic heterocycles. The Hall–Kier alpha value is -4.42. The van der Waals surface area contributed by atoms with Crippen LogP contribution in [0.1, 0.15) is 24.2 Å². The summed E-state index contributed by atoms with van der Waals surface area (Å²) in [6.45, 7) is 3.71. The molecular formula is C28H26N4O4S. The minimum atomic E-state index is -0.752. The third-order valence-corrected chi connectivity index (χ3v) is 6.74. The van der Waals surface area contributed by atoms with Crippen molar-refractivity contribution in [1.29, 1.82) is 5.26 Å². The van der Waals surface area contributed by atoms with E-state index in [9.17, 15) is 14.9 Å². The number of benzene rings is 2. The number of rotatable bonds is 8. The molecule has 0 aliphatic carbocycles. The SMILES string of the molecule is COc1ccccc1NC(=O)C1=C(C)NC(SCC(=O)Nc2cccc(C)c2)=C(C#N)[C@@H]1c1ccco1. The van der Waals surface area contributed by atoms with Crippen LogP contribution >= 0.6 is 11.8 Å². The fourth-order valence-corrected chi connectivity index (χ4v) is 4.95. The molecule has 0 saturated carbocycles. The zero-order valence-electron chi connectivity index (χ0n) is 20.6. The Bertz CT molecular complexity index is 1420. The maximum absolute atomic E-state index is 13.5. The van der Waals surface area contributed by atoms with Crippen LogP contribution in [0.5, 0.6) is 5.75 Å². The zero-order valence-corrected chi connectivity index (χ0v) is 21.4. The number of anilines is 2. The largest absolute Gasteiger partial charge is 0.495 e. The maximum atomic E-state index is 13.5. The summed E-state index contributed by atoms with van der Waals surface area (Å²) < 4.78 is 11.0. The molecule has 3 aromatic rings. The standard InChI is InChI=1S/C28H26N4O4S/c1-17-8-6-9-19(14-17)31-24(33)16-37-28-20(15-29)26(23-12-7-13-36-23)25(18(2)30-28)27(34)32-21-10-4-5-11-22(21)35-3/h4-14,26,30H,16H2,1-3H3,(H,31,33)(H,32,34)/t26-/m1/s1. The molecule has 3 N–H and O–H groups in total. The van der Waals surface area contributed by atoms with Gasteiger partial charge < -0.3 is 25.1 Å². The monoisotopic (exact) mass is 514 g/mol. The number of thioether (sulfide) groups is 1. The van der Waals surface area contributed by atoms with Crippen molar-refractivity contribution >= 4 is 35.0 Å². The highest BCUT2D eigenvalue weighted by molar-refractivity contribution is 8.03. The molecule has 8 nitrogen and oxygen atoms in total. The number of ether oxygens (including phenoxy) is 1. The van der Waals surface area contributed by atoms with Crippen LogP contribution in [0.4, 0.5) is 11.4 Å². The van der Waals surface area contributed by atoms with E-state index in [1.54, 1.807) is 37.3 Å². The molecule has 4 rings (SSSR count). The first kappa shape index (κ1) is 25.7. The first-order valence-corrected chi connectivity index (χ1v) is 12.5. The first-order valence-electron chi connectivity index (χ1n) is 11.5. The molecule has 0 fully saturated rings. The molecule has 2 amide bonds. The number of carbonyl (C=O) groups excluding carboxylic acids is 2. The molecule has 9 heteroatoms. The van der Waals surface area contributed by atoms with Gasteiger partial charge in [-0.15, -0.1) is 0 Å². The number of nitriles is 1. The number of methoxy groups -OCH3 is 1. The van der Waals surface area contributed by atoms with Crippen LogP contribution in [0.2, 0.25) is 0 Å². The van der Waals surface area contributed by atoms with Crippen LogP contribution in [-0.2, 0) is 9.59 Å². The highest BCUT2D eigenvalue weighted by atomic mass is 32.2. The number of aryl methyl sites for hydroxylation is 1. The van der Waals surface area contributed by atoms with Crippen LogP contribution in [0.3, 0.4) is 0 Å². The van der Waals surface area contributed by atoms with Crippen LogP contribution in [0, 0.1) is 18.3 Å². The van der Waals surface area contributed by atoms with Crippen LogP contribution in [0.15, 0.2) is 93.2 Å². The van der Waals surface area contributed by atoms with Crippen molar-refractivity contribution < 1.29 is 18.7 Å². The van der Waals surface area contributed by atoms with Crippen molar-refractivity contribution in [3.8, 4) is 11.8 Å². The number of hydrogen-bond donors (Lipinski definition) is 3. The van der Waals surface area contributed by atoms with Gasteiger partial charge in [0, 0.05) is 11.4 Å². The van der Waals surface area contributed by atoms with Gasteiger partial charge >= 0.3 is 0 Å². The Labute approximate surface area is 219 Å². The molecule has 1 aliphatic rings. The second kappa shape index (κ2) is 11.5. The Kier molecular flexibility index (Phi) is 8.01. The molecule has 0 unspecified atom stereocenters. The van der Waals surface area contributed by atoms with Crippen molar-refractivity contribution in [3.05, 3.63) is 100 Å². The van der Waals surface area contributed by atoms with Crippen molar-refractivity contribution in [1.82, 2.24) is 5.32 Å². The van der Waals surface area contributed by atoms with Gasteiger partial charge in [0.2, 0.25) is 5.91 Å². The third kappa shape index (κ3) is 5.88. The van der Waals surface area contributed by atoms with Gasteiger partial charge in [-0.1, -0.05) is 36.0 Å². The molecule has 1 aromatic heterocycles. The number of dihydropyridines is 1. The second-order valence-electron chi connectivity index (χ2n) is 8.33. The maximum Gasteiger partial charge on any atom is 0.254 e. The number of para-hydroxylation sites is 2. The van der Waals surface area contributed by atoms with Gasteiger partial charge in [-0.25, -0.2) is 0 Å². The molecule has 0 radical (unpaired) electrons. The second-order valence-corrected chi connectivity index (χ2v) is 9.31. The summed E-state index contributed by atoms with van der Waals surface area (Å²) in [5.74, 6) is -0.326. The van der Waals surface area contributed by atoms with E-state index in [-0.39, 0.29) is 11.7 Å². The average molecular weight is 515 g/mol. The minimum absolute atomic E-state index is 0.0718. The lowest BCUT2D eigenvalue weighted by Crippen LogP contribution is -2.31. The number of carbonyl (C=O) groups is 2. The van der Waals surface area contributed by atoms with E-state index in [2.05, 4.69) is 22.0 Å². The minimum Gasteiger partial charge on any atom is -0.495 e. The average Bonchev–Trinajstić information content (AvgIpc) is 3.42. The predicted molar refractivity (Wildman–Crippen MR) is 144 cm³/mol. The zero-order chi connectivity index (χ0) is 26.4. The van der Waals surface area contributed by atoms with Crippen LogP contribution < -0.4 is 20.7 Å². The number of nitrogens with one attached hydrogen (secondary N) is 3. The number of amides is 2. The smallest absolute Gasteiger partial charge is 0.254 e. The number of hydrogen-bond acceptors (Lipinski definition) is 7. The lowest BCUT2D eigenvalue weighted by atomic mass is 9.85. The van der Waals surface area contributed by atoms with Crippen LogP contribution in [0.25, 0.3) is 0 Å². The third-order valence-electron chi connectivity index (χ3n) is 5.72. The number of furan rings is 1. The summed E-state index contributed by atoms with van der Waals surface area (Å²) in [6, 6.07) is 20.3. The predicted octanol–water partition coefficient (Wildman–Crippen LogP) is 5.30. The van der Waals surface area contributed by atoms with E-state index in [0.29, 0.717) is 44.8 Å². The van der Waals surface area contributed by atoms with Gasteiger partial charge in [0.25, 0.3) is 5.91 Å². The van der Waals surface area contributed by atoms with Gasteiger partial charge in [-0.05, 0) is 55.8 Å². The normalized spacial score (nSPS) is 15.0. The lowest BCUT2D eigenvalue weighted by Gasteiger charge is -2.28. The van der Waals surface area contributed by atoms with Gasteiger partial charge in [0.05, 0.1) is 53.0 Å². The quantitative estimate of drug-likeness (QED) is 0.373. The highest BCUT2D eigenvalue weighted by Gasteiger charge is 2.36.